The van der Waals surface area contributed by atoms with E-state index < -0.39 is 0 Å². The summed E-state index contributed by atoms with van der Waals surface area (Å²) in [7, 11) is 0. The molecule has 130 valence electrons. The Kier molecular flexibility index (Phi) is 7.14. The Bertz CT molecular complexity index is 753. The van der Waals surface area contributed by atoms with Crippen molar-refractivity contribution in [2.75, 3.05) is 11.9 Å². The number of carbonyl (C=O) groups is 1. The Labute approximate surface area is 153 Å². The lowest BCUT2D eigenvalue weighted by atomic mass is 9.99. The van der Waals surface area contributed by atoms with Crippen LogP contribution < -0.4 is 10.6 Å². The number of nitrogens with one attached hydrogen (secondary N) is 2. The first-order valence-corrected chi connectivity index (χ1v) is 7.33. The molecule has 1 aromatic heterocycles. The largest absolute Gasteiger partial charge is 0.319 e. The molecule has 0 unspecified atom stereocenters. The number of fused-ring (bicyclic) bond motifs is 1. The van der Waals surface area contributed by atoms with Gasteiger partial charge >= 0.3 is 0 Å². The van der Waals surface area contributed by atoms with Crippen molar-refractivity contribution in [2.24, 2.45) is 0 Å². The van der Waals surface area contributed by atoms with Gasteiger partial charge in [-0.15, -0.1) is 24.8 Å². The third kappa shape index (κ3) is 4.04. The maximum absolute atomic E-state index is 14.5. The molecule has 2 heterocycles. The smallest absolute Gasteiger partial charge is 0.257 e. The SMILES string of the molecule is Cc1ccc(C(=O)Nc2ccc3c(c2F)CCNC3)c(C)n1.Cl.Cl. The van der Waals surface area contributed by atoms with Crippen molar-refractivity contribution in [3.8, 4) is 0 Å². The van der Waals surface area contributed by atoms with Crippen molar-refractivity contribution in [3.63, 3.8) is 0 Å². The normalized spacial score (nSPS) is 12.5. The molecule has 0 atom stereocenters. The van der Waals surface area contributed by atoms with Crippen molar-refractivity contribution in [3.05, 3.63) is 58.2 Å². The molecule has 1 amide bonds. The van der Waals surface area contributed by atoms with Crippen molar-refractivity contribution in [1.29, 1.82) is 0 Å². The molecule has 0 spiro atoms. The topological polar surface area (TPSA) is 54.0 Å². The van der Waals surface area contributed by atoms with E-state index in [0.29, 0.717) is 29.8 Å². The molecule has 0 fully saturated rings. The van der Waals surface area contributed by atoms with Crippen LogP contribution in [0.2, 0.25) is 0 Å². The summed E-state index contributed by atoms with van der Waals surface area (Å²) in [6.45, 7) is 5.06. The van der Waals surface area contributed by atoms with Crippen molar-refractivity contribution < 1.29 is 9.18 Å². The summed E-state index contributed by atoms with van der Waals surface area (Å²) in [6, 6.07) is 6.97. The molecule has 1 aliphatic heterocycles. The summed E-state index contributed by atoms with van der Waals surface area (Å²) in [5.74, 6) is -0.664. The van der Waals surface area contributed by atoms with Gasteiger partial charge in [-0.25, -0.2) is 4.39 Å². The van der Waals surface area contributed by atoms with Crippen LogP contribution in [0.4, 0.5) is 10.1 Å². The van der Waals surface area contributed by atoms with E-state index in [0.717, 1.165) is 17.8 Å². The van der Waals surface area contributed by atoms with E-state index in [2.05, 4.69) is 15.6 Å². The van der Waals surface area contributed by atoms with Crippen LogP contribution in [0.25, 0.3) is 0 Å². The lowest BCUT2D eigenvalue weighted by Crippen LogP contribution is -2.25. The first kappa shape index (κ1) is 20.4. The number of aromatic nitrogens is 1. The van der Waals surface area contributed by atoms with Crippen LogP contribution >= 0.6 is 24.8 Å². The van der Waals surface area contributed by atoms with Crippen LogP contribution in [0, 0.1) is 19.7 Å². The van der Waals surface area contributed by atoms with Gasteiger partial charge in [0.2, 0.25) is 0 Å². The van der Waals surface area contributed by atoms with Gasteiger partial charge in [-0.1, -0.05) is 6.07 Å². The average molecular weight is 372 g/mol. The molecule has 0 bridgehead atoms. The highest BCUT2D eigenvalue weighted by Crippen LogP contribution is 2.25. The average Bonchev–Trinajstić information content (AvgIpc) is 2.50. The second-order valence-electron chi connectivity index (χ2n) is 5.53. The fraction of sp³-hybridized carbons (Fsp3) is 0.294. The van der Waals surface area contributed by atoms with Crippen molar-refractivity contribution in [2.45, 2.75) is 26.8 Å². The number of pyridine rings is 1. The molecule has 0 saturated carbocycles. The van der Waals surface area contributed by atoms with Crippen LogP contribution in [0.1, 0.15) is 32.9 Å². The summed E-state index contributed by atoms with van der Waals surface area (Å²) in [6.07, 6.45) is 0.635. The minimum absolute atomic E-state index is 0. The highest BCUT2D eigenvalue weighted by Gasteiger charge is 2.18. The standard InChI is InChI=1S/C17H18FN3O.2ClH/c1-10-3-5-13(11(2)20-10)17(22)21-15-6-4-12-9-19-8-7-14(12)16(15)18;;/h3-6,19H,7-9H2,1-2H3,(H,21,22);2*1H. The summed E-state index contributed by atoms with van der Waals surface area (Å²) < 4.78 is 14.5. The van der Waals surface area contributed by atoms with Gasteiger partial charge in [0, 0.05) is 12.2 Å². The third-order valence-electron chi connectivity index (χ3n) is 3.93. The molecule has 0 saturated heterocycles. The second kappa shape index (κ2) is 8.42. The van der Waals surface area contributed by atoms with E-state index >= 15 is 0 Å². The summed E-state index contributed by atoms with van der Waals surface area (Å²) in [5.41, 5.74) is 3.82. The number of amides is 1. The zero-order valence-corrected chi connectivity index (χ0v) is 15.1. The van der Waals surface area contributed by atoms with E-state index in [1.54, 1.807) is 25.1 Å². The molecule has 3 rings (SSSR count). The Morgan fingerprint density at radius 1 is 1.21 bits per heavy atom. The third-order valence-corrected chi connectivity index (χ3v) is 3.93. The lowest BCUT2D eigenvalue weighted by Gasteiger charge is -2.19. The zero-order valence-electron chi connectivity index (χ0n) is 13.5. The first-order valence-electron chi connectivity index (χ1n) is 7.33. The molecule has 1 aliphatic rings. The minimum atomic E-state index is -0.335. The minimum Gasteiger partial charge on any atom is -0.319 e. The molecule has 2 aromatic rings. The summed E-state index contributed by atoms with van der Waals surface area (Å²) in [4.78, 5) is 16.6. The Morgan fingerprint density at radius 2 is 1.96 bits per heavy atom. The van der Waals surface area contributed by atoms with Gasteiger partial charge in [0.05, 0.1) is 16.9 Å². The van der Waals surface area contributed by atoms with Gasteiger partial charge in [0.15, 0.2) is 0 Å². The number of benzene rings is 1. The number of hydrogen-bond acceptors (Lipinski definition) is 3. The molecule has 24 heavy (non-hydrogen) atoms. The predicted molar refractivity (Wildman–Crippen MR) is 98.0 cm³/mol. The van der Waals surface area contributed by atoms with Crippen LogP contribution in [-0.4, -0.2) is 17.4 Å². The molecule has 0 aliphatic carbocycles. The van der Waals surface area contributed by atoms with Gasteiger partial charge in [0.1, 0.15) is 5.82 Å². The highest BCUT2D eigenvalue weighted by molar-refractivity contribution is 6.05. The Morgan fingerprint density at radius 3 is 2.67 bits per heavy atom. The summed E-state index contributed by atoms with van der Waals surface area (Å²) in [5, 5.41) is 5.87. The molecule has 0 radical (unpaired) electrons. The zero-order chi connectivity index (χ0) is 15.7. The molecule has 7 heteroatoms. The van der Waals surface area contributed by atoms with Gasteiger partial charge in [0.25, 0.3) is 5.91 Å². The van der Waals surface area contributed by atoms with E-state index in [1.807, 2.05) is 13.0 Å². The summed E-state index contributed by atoms with van der Waals surface area (Å²) >= 11 is 0. The maximum Gasteiger partial charge on any atom is 0.257 e. The molecular formula is C17H20Cl2FN3O. The van der Waals surface area contributed by atoms with Crippen LogP contribution in [0.3, 0.4) is 0 Å². The number of anilines is 1. The monoisotopic (exact) mass is 371 g/mol. The van der Waals surface area contributed by atoms with Crippen molar-refractivity contribution in [1.82, 2.24) is 10.3 Å². The second-order valence-corrected chi connectivity index (χ2v) is 5.53. The van der Waals surface area contributed by atoms with E-state index in [4.69, 9.17) is 0 Å². The van der Waals surface area contributed by atoms with Gasteiger partial charge in [-0.2, -0.15) is 0 Å². The molecule has 4 nitrogen and oxygen atoms in total. The van der Waals surface area contributed by atoms with Crippen LogP contribution in [0.15, 0.2) is 24.3 Å². The number of halogens is 3. The van der Waals surface area contributed by atoms with Crippen LogP contribution in [0.5, 0.6) is 0 Å². The number of rotatable bonds is 2. The maximum atomic E-state index is 14.5. The predicted octanol–water partition coefficient (Wildman–Crippen LogP) is 3.58. The Balaban J connectivity index is 0.00000144. The molecular weight excluding hydrogens is 352 g/mol. The van der Waals surface area contributed by atoms with Crippen LogP contribution in [-0.2, 0) is 13.0 Å². The van der Waals surface area contributed by atoms with Gasteiger partial charge < -0.3 is 10.6 Å². The number of nitrogens with zero attached hydrogens (tertiary/aromatic N) is 1. The quantitative estimate of drug-likeness (QED) is 0.847. The number of hydrogen-bond donors (Lipinski definition) is 2. The number of carbonyl (C=O) groups excluding carboxylic acids is 1. The number of aryl methyl sites for hydroxylation is 2. The van der Waals surface area contributed by atoms with E-state index in [9.17, 15) is 9.18 Å². The van der Waals surface area contributed by atoms with Crippen molar-refractivity contribution >= 4 is 36.4 Å². The molecule has 2 N–H and O–H groups in total. The highest BCUT2D eigenvalue weighted by atomic mass is 35.5. The fourth-order valence-corrected chi connectivity index (χ4v) is 2.75. The van der Waals surface area contributed by atoms with E-state index in [-0.39, 0.29) is 42.2 Å². The Hall–Kier alpha value is -1.69. The molecule has 1 aromatic carbocycles. The first-order chi connectivity index (χ1) is 10.6. The van der Waals surface area contributed by atoms with Gasteiger partial charge in [-0.05, 0) is 56.1 Å². The van der Waals surface area contributed by atoms with Gasteiger partial charge in [-0.3, -0.25) is 9.78 Å². The lowest BCUT2D eigenvalue weighted by molar-refractivity contribution is 0.102. The van der Waals surface area contributed by atoms with E-state index in [1.165, 1.54) is 0 Å². The fourth-order valence-electron chi connectivity index (χ4n) is 2.75.